The number of para-hydroxylation sites is 1. The highest BCUT2D eigenvalue weighted by molar-refractivity contribution is 7.89. The van der Waals surface area contributed by atoms with Crippen LogP contribution in [0.15, 0.2) is 53.4 Å². The first-order valence-corrected chi connectivity index (χ1v) is 11.1. The Kier molecular flexibility index (Phi) is 5.12. The van der Waals surface area contributed by atoms with Crippen molar-refractivity contribution in [2.75, 3.05) is 18.1 Å². The van der Waals surface area contributed by atoms with Crippen LogP contribution in [0.1, 0.15) is 25.3 Å². The van der Waals surface area contributed by atoms with Gasteiger partial charge in [0.05, 0.1) is 10.9 Å². The molecule has 1 amide bonds. The molecule has 2 aromatic rings. The Balaban J connectivity index is 1.42. The Hall–Kier alpha value is -2.38. The third-order valence-corrected chi connectivity index (χ3v) is 6.64. The van der Waals surface area contributed by atoms with Gasteiger partial charge in [0, 0.05) is 18.2 Å². The first kappa shape index (κ1) is 19.0. The van der Waals surface area contributed by atoms with Gasteiger partial charge in [-0.25, -0.2) is 13.1 Å². The molecule has 0 unspecified atom stereocenters. The molecule has 1 aliphatic heterocycles. The number of carbonyl (C=O) groups is 1. The molecule has 7 heteroatoms. The molecule has 0 aromatic heterocycles. The summed E-state index contributed by atoms with van der Waals surface area (Å²) in [6, 6.07) is 13.9. The monoisotopic (exact) mass is 400 g/mol. The molecule has 0 radical (unpaired) electrons. The maximum atomic E-state index is 12.7. The Labute approximate surface area is 165 Å². The lowest BCUT2D eigenvalue weighted by atomic mass is 10.2. The zero-order valence-corrected chi connectivity index (χ0v) is 16.6. The second-order valence-corrected chi connectivity index (χ2v) is 9.17. The van der Waals surface area contributed by atoms with Crippen molar-refractivity contribution in [3.05, 3.63) is 54.1 Å². The minimum absolute atomic E-state index is 0.154. The van der Waals surface area contributed by atoms with Gasteiger partial charge in [0.25, 0.3) is 0 Å². The summed E-state index contributed by atoms with van der Waals surface area (Å²) in [6.07, 6.45) is 2.61. The Bertz CT molecular complexity index is 971. The van der Waals surface area contributed by atoms with Crippen LogP contribution in [0, 0.1) is 5.92 Å². The van der Waals surface area contributed by atoms with Crippen LogP contribution >= 0.6 is 0 Å². The lowest BCUT2D eigenvalue weighted by molar-refractivity contribution is -0.119. The van der Waals surface area contributed by atoms with Gasteiger partial charge in [-0.1, -0.05) is 18.2 Å². The number of fused-ring (bicyclic) bond motifs is 1. The molecule has 0 bridgehead atoms. The topological polar surface area (TPSA) is 75.7 Å². The molecule has 148 valence electrons. The molecule has 1 heterocycles. The first-order valence-electron chi connectivity index (χ1n) is 9.58. The third kappa shape index (κ3) is 4.05. The van der Waals surface area contributed by atoms with Gasteiger partial charge in [0.15, 0.2) is 0 Å². The number of hydrogen-bond acceptors (Lipinski definition) is 4. The lowest BCUT2D eigenvalue weighted by Gasteiger charge is -2.18. The average Bonchev–Trinajstić information content (AvgIpc) is 3.45. The molecule has 1 aliphatic carbocycles. The van der Waals surface area contributed by atoms with Crippen molar-refractivity contribution in [2.24, 2.45) is 5.92 Å². The summed E-state index contributed by atoms with van der Waals surface area (Å²) < 4.78 is 33.8. The van der Waals surface area contributed by atoms with E-state index in [0.29, 0.717) is 18.7 Å². The fourth-order valence-electron chi connectivity index (χ4n) is 3.43. The van der Waals surface area contributed by atoms with Gasteiger partial charge in [-0.2, -0.15) is 0 Å². The SMILES string of the molecule is C[C@@H](COc1ccccc1)NS(=O)(=O)c1ccc2c(c1)CCN2C(=O)C1CC1. The number of nitrogens with one attached hydrogen (secondary N) is 1. The van der Waals surface area contributed by atoms with E-state index in [1.54, 1.807) is 30.0 Å². The summed E-state index contributed by atoms with van der Waals surface area (Å²) in [6.45, 7) is 2.63. The number of benzene rings is 2. The van der Waals surface area contributed by atoms with Crippen molar-refractivity contribution in [2.45, 2.75) is 37.1 Å². The van der Waals surface area contributed by atoms with E-state index >= 15 is 0 Å². The molecule has 28 heavy (non-hydrogen) atoms. The van der Waals surface area contributed by atoms with Crippen molar-refractivity contribution >= 4 is 21.6 Å². The van der Waals surface area contributed by atoms with Crippen molar-refractivity contribution < 1.29 is 17.9 Å². The number of amides is 1. The van der Waals surface area contributed by atoms with Crippen LogP contribution in [-0.4, -0.2) is 33.5 Å². The smallest absolute Gasteiger partial charge is 0.240 e. The van der Waals surface area contributed by atoms with Crippen molar-refractivity contribution in [3.63, 3.8) is 0 Å². The number of ether oxygens (including phenoxy) is 1. The highest BCUT2D eigenvalue weighted by Gasteiger charge is 2.36. The Morgan fingerprint density at radius 3 is 2.68 bits per heavy atom. The van der Waals surface area contributed by atoms with Crippen molar-refractivity contribution in [1.29, 1.82) is 0 Å². The van der Waals surface area contributed by atoms with E-state index in [0.717, 1.165) is 24.1 Å². The van der Waals surface area contributed by atoms with E-state index in [1.165, 1.54) is 0 Å². The van der Waals surface area contributed by atoms with Crippen molar-refractivity contribution in [3.8, 4) is 5.75 Å². The molecular formula is C21H24N2O4S. The quantitative estimate of drug-likeness (QED) is 0.775. The number of hydrogen-bond donors (Lipinski definition) is 1. The zero-order valence-electron chi connectivity index (χ0n) is 15.8. The highest BCUT2D eigenvalue weighted by Crippen LogP contribution is 2.37. The molecule has 1 N–H and O–H groups in total. The fourth-order valence-corrected chi connectivity index (χ4v) is 4.71. The van der Waals surface area contributed by atoms with E-state index in [4.69, 9.17) is 4.74 Å². The average molecular weight is 401 g/mol. The molecule has 6 nitrogen and oxygen atoms in total. The maximum absolute atomic E-state index is 12.7. The van der Waals surface area contributed by atoms with Crippen LogP contribution < -0.4 is 14.4 Å². The predicted molar refractivity (Wildman–Crippen MR) is 107 cm³/mol. The van der Waals surface area contributed by atoms with E-state index in [1.807, 2.05) is 30.3 Å². The fraction of sp³-hybridized carbons (Fsp3) is 0.381. The number of anilines is 1. The Morgan fingerprint density at radius 1 is 1.21 bits per heavy atom. The first-order chi connectivity index (χ1) is 13.4. The minimum atomic E-state index is -3.66. The van der Waals surface area contributed by atoms with Crippen molar-refractivity contribution in [1.82, 2.24) is 4.72 Å². The summed E-state index contributed by atoms with van der Waals surface area (Å²) in [5, 5.41) is 0. The zero-order chi connectivity index (χ0) is 19.7. The van der Waals surface area contributed by atoms with Gasteiger partial charge in [-0.15, -0.1) is 0 Å². The van der Waals surface area contributed by atoms with Crippen LogP contribution in [0.5, 0.6) is 5.75 Å². The molecule has 1 fully saturated rings. The lowest BCUT2D eigenvalue weighted by Crippen LogP contribution is -2.36. The second-order valence-electron chi connectivity index (χ2n) is 7.45. The van der Waals surface area contributed by atoms with Gasteiger partial charge in [0.2, 0.25) is 15.9 Å². The summed E-state index contributed by atoms with van der Waals surface area (Å²) in [5.74, 6) is 1.02. The normalized spacial score (nSPS) is 17.2. The third-order valence-electron chi connectivity index (χ3n) is 5.05. The molecule has 4 rings (SSSR count). The predicted octanol–water partition coefficient (Wildman–Crippen LogP) is 2.73. The molecule has 0 spiro atoms. The number of carbonyl (C=O) groups excluding carboxylic acids is 1. The summed E-state index contributed by atoms with van der Waals surface area (Å²) in [5.41, 5.74) is 1.75. The van der Waals surface area contributed by atoms with Gasteiger partial charge < -0.3 is 9.64 Å². The van der Waals surface area contributed by atoms with Gasteiger partial charge >= 0.3 is 0 Å². The van der Waals surface area contributed by atoms with Crippen LogP contribution in [0.2, 0.25) is 0 Å². The standard InChI is InChI=1S/C21H24N2O4S/c1-15(14-27-18-5-3-2-4-6-18)22-28(25,26)19-9-10-20-17(13-19)11-12-23(20)21(24)16-7-8-16/h2-6,9-10,13,15-16,22H,7-8,11-12,14H2,1H3/t15-/m0/s1. The van der Waals surface area contributed by atoms with Gasteiger partial charge in [-0.05, 0) is 62.1 Å². The van der Waals surface area contributed by atoms with Crippen LogP contribution in [-0.2, 0) is 21.2 Å². The summed E-state index contributed by atoms with van der Waals surface area (Å²) >= 11 is 0. The molecule has 0 saturated heterocycles. The molecule has 1 saturated carbocycles. The molecule has 2 aliphatic rings. The van der Waals surface area contributed by atoms with E-state index < -0.39 is 10.0 Å². The second kappa shape index (κ2) is 7.56. The highest BCUT2D eigenvalue weighted by atomic mass is 32.2. The van der Waals surface area contributed by atoms with Crippen LogP contribution in [0.25, 0.3) is 0 Å². The summed E-state index contributed by atoms with van der Waals surface area (Å²) in [7, 11) is -3.66. The van der Waals surface area contributed by atoms with E-state index in [9.17, 15) is 13.2 Å². The van der Waals surface area contributed by atoms with Crippen LogP contribution in [0.4, 0.5) is 5.69 Å². The molecular weight excluding hydrogens is 376 g/mol. The van der Waals surface area contributed by atoms with E-state index in [-0.39, 0.29) is 29.4 Å². The van der Waals surface area contributed by atoms with Crippen LogP contribution in [0.3, 0.4) is 0 Å². The molecule has 2 aromatic carbocycles. The Morgan fingerprint density at radius 2 is 1.96 bits per heavy atom. The van der Waals surface area contributed by atoms with E-state index in [2.05, 4.69) is 4.72 Å². The largest absolute Gasteiger partial charge is 0.492 e. The minimum Gasteiger partial charge on any atom is -0.492 e. The number of rotatable bonds is 7. The van der Waals surface area contributed by atoms with Gasteiger partial charge in [0.1, 0.15) is 12.4 Å². The number of nitrogens with zero attached hydrogens (tertiary/aromatic N) is 1. The number of sulfonamides is 1. The maximum Gasteiger partial charge on any atom is 0.240 e. The van der Waals surface area contributed by atoms with Gasteiger partial charge in [-0.3, -0.25) is 4.79 Å². The molecule has 1 atom stereocenters. The summed E-state index contributed by atoms with van der Waals surface area (Å²) in [4.78, 5) is 14.4.